The van der Waals surface area contributed by atoms with Crippen LogP contribution in [0.4, 0.5) is 8.78 Å². The van der Waals surface area contributed by atoms with Crippen LogP contribution in [0.3, 0.4) is 0 Å². The number of benzene rings is 1. The van der Waals surface area contributed by atoms with Crippen molar-refractivity contribution in [2.75, 3.05) is 6.61 Å². The summed E-state index contributed by atoms with van der Waals surface area (Å²) in [6, 6.07) is 1.59. The molecule has 1 aromatic carbocycles. The van der Waals surface area contributed by atoms with E-state index in [0.717, 1.165) is 6.07 Å². The molecule has 1 atom stereocenters. The summed E-state index contributed by atoms with van der Waals surface area (Å²) >= 11 is 2.94. The van der Waals surface area contributed by atoms with E-state index in [1.54, 1.807) is 0 Å². The van der Waals surface area contributed by atoms with Gasteiger partial charge in [-0.15, -0.1) is 0 Å². The molecule has 14 heavy (non-hydrogen) atoms. The second kappa shape index (κ2) is 4.82. The van der Waals surface area contributed by atoms with Crippen molar-refractivity contribution >= 4 is 15.9 Å². The van der Waals surface area contributed by atoms with Crippen LogP contribution in [0, 0.1) is 11.6 Å². The molecule has 0 saturated carbocycles. The third kappa shape index (κ3) is 2.29. The van der Waals surface area contributed by atoms with Crippen molar-refractivity contribution < 1.29 is 13.9 Å². The van der Waals surface area contributed by atoms with Crippen molar-refractivity contribution in [1.82, 2.24) is 0 Å². The van der Waals surface area contributed by atoms with E-state index >= 15 is 0 Å². The number of hydrogen-bond acceptors (Lipinski definition) is 2. The molecule has 0 spiro atoms. The van der Waals surface area contributed by atoms with E-state index in [0.29, 0.717) is 0 Å². The molecule has 0 unspecified atom stereocenters. The maximum atomic E-state index is 13.4. The van der Waals surface area contributed by atoms with Crippen LogP contribution >= 0.6 is 15.9 Å². The largest absolute Gasteiger partial charge is 0.396 e. The van der Waals surface area contributed by atoms with E-state index in [4.69, 9.17) is 10.8 Å². The van der Waals surface area contributed by atoms with Gasteiger partial charge in [0.2, 0.25) is 0 Å². The second-order valence-electron chi connectivity index (χ2n) is 2.88. The molecule has 1 aromatic rings. The molecule has 0 radical (unpaired) electrons. The minimum atomic E-state index is -0.822. The fourth-order valence-corrected chi connectivity index (χ4v) is 1.51. The molecule has 1 rings (SSSR count). The summed E-state index contributed by atoms with van der Waals surface area (Å²) in [7, 11) is 0. The van der Waals surface area contributed by atoms with Gasteiger partial charge in [-0.1, -0.05) is 0 Å². The van der Waals surface area contributed by atoms with Gasteiger partial charge in [0.05, 0.1) is 4.47 Å². The van der Waals surface area contributed by atoms with Gasteiger partial charge >= 0.3 is 0 Å². The Kier molecular flexibility index (Phi) is 3.97. The van der Waals surface area contributed by atoms with E-state index in [1.807, 2.05) is 0 Å². The summed E-state index contributed by atoms with van der Waals surface area (Å²) in [5.74, 6) is -1.39. The Hall–Kier alpha value is -0.520. The summed E-state index contributed by atoms with van der Waals surface area (Å²) in [5, 5.41) is 8.61. The number of rotatable bonds is 3. The molecule has 0 bridgehead atoms. The van der Waals surface area contributed by atoms with Gasteiger partial charge in [-0.3, -0.25) is 0 Å². The number of halogens is 3. The lowest BCUT2D eigenvalue weighted by atomic mass is 10.0. The highest BCUT2D eigenvalue weighted by Crippen LogP contribution is 2.26. The smallest absolute Gasteiger partial charge is 0.145 e. The highest BCUT2D eigenvalue weighted by Gasteiger charge is 2.18. The summed E-state index contributed by atoms with van der Waals surface area (Å²) in [5.41, 5.74) is 5.33. The Bertz CT molecular complexity index is 333. The zero-order valence-electron chi connectivity index (χ0n) is 7.30. The molecule has 0 aliphatic heterocycles. The molecule has 2 nitrogen and oxygen atoms in total. The number of aliphatic hydroxyl groups excluding tert-OH is 1. The quantitative estimate of drug-likeness (QED) is 0.823. The standard InChI is InChI=1S/C9H10BrF2NO/c10-5-1-2-6(11)8(9(5)12)7(13)3-4-14/h1-2,7,14H,3-4,13H2/t7-/m0/s1. The predicted molar refractivity (Wildman–Crippen MR) is 52.7 cm³/mol. The lowest BCUT2D eigenvalue weighted by Gasteiger charge is -2.13. The fraction of sp³-hybridized carbons (Fsp3) is 0.333. The fourth-order valence-electron chi connectivity index (χ4n) is 1.17. The highest BCUT2D eigenvalue weighted by atomic mass is 79.9. The van der Waals surface area contributed by atoms with E-state index < -0.39 is 17.7 Å². The van der Waals surface area contributed by atoms with Gasteiger partial charge in [-0.25, -0.2) is 8.78 Å². The van der Waals surface area contributed by atoms with Crippen LogP contribution in [0.1, 0.15) is 18.0 Å². The van der Waals surface area contributed by atoms with Crippen molar-refractivity contribution in [2.24, 2.45) is 5.73 Å². The molecule has 0 amide bonds. The molecule has 0 aliphatic carbocycles. The van der Waals surface area contributed by atoms with E-state index in [-0.39, 0.29) is 23.1 Å². The average Bonchev–Trinajstić information content (AvgIpc) is 2.13. The maximum absolute atomic E-state index is 13.4. The van der Waals surface area contributed by atoms with Crippen LogP contribution in [0.25, 0.3) is 0 Å². The first-order chi connectivity index (χ1) is 6.57. The summed E-state index contributed by atoms with van der Waals surface area (Å²) in [4.78, 5) is 0. The van der Waals surface area contributed by atoms with Gasteiger partial charge in [0.25, 0.3) is 0 Å². The lowest BCUT2D eigenvalue weighted by Crippen LogP contribution is -2.15. The van der Waals surface area contributed by atoms with E-state index in [1.165, 1.54) is 6.07 Å². The molecule has 78 valence electrons. The van der Waals surface area contributed by atoms with Crippen molar-refractivity contribution in [3.8, 4) is 0 Å². The SMILES string of the molecule is N[C@@H](CCO)c1c(F)ccc(Br)c1F. The Morgan fingerprint density at radius 2 is 2.07 bits per heavy atom. The highest BCUT2D eigenvalue weighted by molar-refractivity contribution is 9.10. The number of aliphatic hydroxyl groups is 1. The van der Waals surface area contributed by atoms with Crippen LogP contribution in [-0.4, -0.2) is 11.7 Å². The molecule has 0 aliphatic rings. The number of hydrogen-bond donors (Lipinski definition) is 2. The molecule has 0 fully saturated rings. The predicted octanol–water partition coefficient (Wildman–Crippen LogP) is 2.11. The Morgan fingerprint density at radius 1 is 1.43 bits per heavy atom. The van der Waals surface area contributed by atoms with Crippen molar-refractivity contribution in [2.45, 2.75) is 12.5 Å². The van der Waals surface area contributed by atoms with Gasteiger partial charge in [-0.2, -0.15) is 0 Å². The average molecular weight is 266 g/mol. The van der Waals surface area contributed by atoms with Gasteiger partial charge in [0.1, 0.15) is 11.6 Å². The monoisotopic (exact) mass is 265 g/mol. The molecular weight excluding hydrogens is 256 g/mol. The Labute approximate surface area is 88.9 Å². The first-order valence-corrected chi connectivity index (χ1v) is 4.87. The van der Waals surface area contributed by atoms with Crippen molar-refractivity contribution in [1.29, 1.82) is 0 Å². The third-order valence-corrected chi connectivity index (χ3v) is 2.50. The van der Waals surface area contributed by atoms with Crippen LogP contribution in [0.2, 0.25) is 0 Å². The molecule has 0 heterocycles. The van der Waals surface area contributed by atoms with Crippen LogP contribution in [0.15, 0.2) is 16.6 Å². The van der Waals surface area contributed by atoms with Gasteiger partial charge in [0.15, 0.2) is 0 Å². The summed E-state index contributed by atoms with van der Waals surface area (Å²) < 4.78 is 26.7. The van der Waals surface area contributed by atoms with Gasteiger partial charge in [-0.05, 0) is 34.5 Å². The summed E-state index contributed by atoms with van der Waals surface area (Å²) in [6.45, 7) is -0.202. The molecular formula is C9H10BrF2NO. The van der Waals surface area contributed by atoms with Crippen molar-refractivity contribution in [3.05, 3.63) is 33.8 Å². The Balaban J connectivity index is 3.11. The van der Waals surface area contributed by atoms with Crippen LogP contribution < -0.4 is 5.73 Å². The number of nitrogens with two attached hydrogens (primary N) is 1. The molecule has 5 heteroatoms. The van der Waals surface area contributed by atoms with Crippen molar-refractivity contribution in [3.63, 3.8) is 0 Å². The first-order valence-electron chi connectivity index (χ1n) is 4.07. The topological polar surface area (TPSA) is 46.2 Å². The second-order valence-corrected chi connectivity index (χ2v) is 3.73. The zero-order valence-corrected chi connectivity index (χ0v) is 8.89. The van der Waals surface area contributed by atoms with Gasteiger partial charge < -0.3 is 10.8 Å². The normalized spacial score (nSPS) is 12.9. The van der Waals surface area contributed by atoms with Gasteiger partial charge in [0, 0.05) is 18.2 Å². The Morgan fingerprint density at radius 3 is 2.64 bits per heavy atom. The van der Waals surface area contributed by atoms with E-state index in [2.05, 4.69) is 15.9 Å². The zero-order chi connectivity index (χ0) is 10.7. The molecule has 3 N–H and O–H groups in total. The van der Waals surface area contributed by atoms with E-state index in [9.17, 15) is 8.78 Å². The van der Waals surface area contributed by atoms with Crippen LogP contribution in [0.5, 0.6) is 0 Å². The molecule has 0 aromatic heterocycles. The third-order valence-electron chi connectivity index (χ3n) is 1.89. The maximum Gasteiger partial charge on any atom is 0.145 e. The molecule has 0 saturated heterocycles. The summed E-state index contributed by atoms with van der Waals surface area (Å²) in [6.07, 6.45) is 0.129. The minimum Gasteiger partial charge on any atom is -0.396 e. The minimum absolute atomic E-state index is 0.129. The first kappa shape index (κ1) is 11.6. The van der Waals surface area contributed by atoms with Crippen LogP contribution in [-0.2, 0) is 0 Å². The lowest BCUT2D eigenvalue weighted by molar-refractivity contribution is 0.274.